The normalized spacial score (nSPS) is 10.1. The molecule has 2 rings (SSSR count). The zero-order chi connectivity index (χ0) is 19.5. The highest BCUT2D eigenvalue weighted by Gasteiger charge is 2.06. The molecule has 0 atom stereocenters. The van der Waals surface area contributed by atoms with E-state index in [1.54, 1.807) is 31.2 Å². The number of benzene rings is 2. The lowest BCUT2D eigenvalue weighted by molar-refractivity contribution is 0.0526. The van der Waals surface area contributed by atoms with Crippen molar-refractivity contribution in [3.63, 3.8) is 0 Å². The van der Waals surface area contributed by atoms with Crippen LogP contribution in [0, 0.1) is 0 Å². The van der Waals surface area contributed by atoms with Crippen LogP contribution in [0.5, 0.6) is 5.75 Å². The van der Waals surface area contributed by atoms with E-state index in [9.17, 15) is 9.59 Å². The Labute approximate surface area is 159 Å². The number of urea groups is 1. The highest BCUT2D eigenvalue weighted by Crippen LogP contribution is 2.12. The maximum Gasteiger partial charge on any atom is 0.338 e. The van der Waals surface area contributed by atoms with Crippen LogP contribution in [0.1, 0.15) is 41.8 Å². The zero-order valence-corrected chi connectivity index (χ0v) is 15.8. The smallest absolute Gasteiger partial charge is 0.338 e. The first-order valence-electron chi connectivity index (χ1n) is 9.12. The largest absolute Gasteiger partial charge is 0.473 e. The summed E-state index contributed by atoms with van der Waals surface area (Å²) in [6.07, 6.45) is 2.15. The Kier molecular flexibility index (Phi) is 8.16. The van der Waals surface area contributed by atoms with Gasteiger partial charge < -0.3 is 20.1 Å². The van der Waals surface area contributed by atoms with E-state index in [2.05, 4.69) is 17.6 Å². The lowest BCUT2D eigenvalue weighted by Gasteiger charge is -2.10. The average molecular weight is 370 g/mol. The van der Waals surface area contributed by atoms with Crippen molar-refractivity contribution in [2.24, 2.45) is 0 Å². The van der Waals surface area contributed by atoms with Gasteiger partial charge in [0.25, 0.3) is 0 Å². The maximum absolute atomic E-state index is 11.8. The highest BCUT2D eigenvalue weighted by atomic mass is 16.5. The summed E-state index contributed by atoms with van der Waals surface area (Å²) in [4.78, 5) is 23.4. The van der Waals surface area contributed by atoms with Gasteiger partial charge in [-0.1, -0.05) is 37.6 Å². The minimum atomic E-state index is -0.352. The second kappa shape index (κ2) is 10.9. The van der Waals surface area contributed by atoms with Gasteiger partial charge in [-0.25, -0.2) is 9.59 Å². The summed E-state index contributed by atoms with van der Waals surface area (Å²) in [6, 6.07) is 14.4. The molecule has 6 nitrogen and oxygen atoms in total. The third-order valence-electron chi connectivity index (χ3n) is 3.85. The van der Waals surface area contributed by atoms with E-state index in [1.165, 1.54) is 5.56 Å². The molecule has 6 heteroatoms. The third kappa shape index (κ3) is 7.01. The molecule has 0 spiro atoms. The van der Waals surface area contributed by atoms with Gasteiger partial charge in [0.05, 0.1) is 12.2 Å². The standard InChI is InChI=1S/C21H26N2O4/c1-3-5-16-8-12-19(13-9-16)27-15-23-21(25)22-14-17-6-10-18(11-7-17)20(24)26-4-2/h6-13H,3-5,14-15H2,1-2H3,(H2,22,23,25). The van der Waals surface area contributed by atoms with E-state index in [4.69, 9.17) is 9.47 Å². The molecule has 0 aliphatic carbocycles. The Morgan fingerprint density at radius 3 is 2.19 bits per heavy atom. The third-order valence-corrected chi connectivity index (χ3v) is 3.85. The molecule has 0 bridgehead atoms. The van der Waals surface area contributed by atoms with Gasteiger partial charge in [0, 0.05) is 6.54 Å². The molecule has 0 aliphatic heterocycles. The molecule has 2 amide bonds. The van der Waals surface area contributed by atoms with Gasteiger partial charge in [0.2, 0.25) is 0 Å². The van der Waals surface area contributed by atoms with Crippen molar-refractivity contribution in [2.45, 2.75) is 33.2 Å². The minimum absolute atomic E-state index is 0.0841. The Morgan fingerprint density at radius 2 is 1.56 bits per heavy atom. The molecule has 0 heterocycles. The van der Waals surface area contributed by atoms with Crippen molar-refractivity contribution in [2.75, 3.05) is 13.3 Å². The van der Waals surface area contributed by atoms with Crippen LogP contribution in [-0.2, 0) is 17.7 Å². The van der Waals surface area contributed by atoms with Crippen molar-refractivity contribution >= 4 is 12.0 Å². The van der Waals surface area contributed by atoms with E-state index in [0.29, 0.717) is 24.5 Å². The molecule has 144 valence electrons. The number of ether oxygens (including phenoxy) is 2. The minimum Gasteiger partial charge on any atom is -0.473 e. The second-order valence-corrected chi connectivity index (χ2v) is 5.96. The van der Waals surface area contributed by atoms with E-state index >= 15 is 0 Å². The molecule has 2 aromatic rings. The number of esters is 1. The van der Waals surface area contributed by atoms with Gasteiger partial charge >= 0.3 is 12.0 Å². The molecule has 2 aromatic carbocycles. The summed E-state index contributed by atoms with van der Waals surface area (Å²) >= 11 is 0. The molecular formula is C21H26N2O4. The Balaban J connectivity index is 1.69. The number of carbonyl (C=O) groups excluding carboxylic acids is 2. The van der Waals surface area contributed by atoms with Crippen LogP contribution in [-0.4, -0.2) is 25.3 Å². The predicted octanol–water partition coefficient (Wildman–Crippen LogP) is 3.65. The molecule has 0 unspecified atom stereocenters. The number of carbonyl (C=O) groups is 2. The van der Waals surface area contributed by atoms with Crippen molar-refractivity contribution in [3.05, 3.63) is 65.2 Å². The highest BCUT2D eigenvalue weighted by molar-refractivity contribution is 5.89. The van der Waals surface area contributed by atoms with Gasteiger partial charge in [-0.2, -0.15) is 0 Å². The fraction of sp³-hybridized carbons (Fsp3) is 0.333. The maximum atomic E-state index is 11.8. The van der Waals surface area contributed by atoms with Gasteiger partial charge in [-0.15, -0.1) is 0 Å². The number of aryl methyl sites for hydroxylation is 1. The zero-order valence-electron chi connectivity index (χ0n) is 15.8. The molecule has 27 heavy (non-hydrogen) atoms. The molecule has 0 saturated carbocycles. The van der Waals surface area contributed by atoms with Crippen molar-refractivity contribution in [1.29, 1.82) is 0 Å². The second-order valence-electron chi connectivity index (χ2n) is 5.96. The number of amides is 2. The summed E-state index contributed by atoms with van der Waals surface area (Å²) in [6.45, 7) is 4.68. The fourth-order valence-electron chi connectivity index (χ4n) is 2.44. The summed E-state index contributed by atoms with van der Waals surface area (Å²) in [7, 11) is 0. The van der Waals surface area contributed by atoms with Crippen molar-refractivity contribution in [1.82, 2.24) is 10.6 Å². The fourth-order valence-corrected chi connectivity index (χ4v) is 2.44. The molecule has 2 N–H and O–H groups in total. The van der Waals surface area contributed by atoms with Crippen LogP contribution in [0.25, 0.3) is 0 Å². The molecule has 0 aliphatic rings. The summed E-state index contributed by atoms with van der Waals surface area (Å²) < 4.78 is 10.4. The predicted molar refractivity (Wildman–Crippen MR) is 104 cm³/mol. The molecule has 0 radical (unpaired) electrons. The van der Waals surface area contributed by atoms with Crippen LogP contribution in [0.3, 0.4) is 0 Å². The lowest BCUT2D eigenvalue weighted by atomic mass is 10.1. The summed E-state index contributed by atoms with van der Waals surface area (Å²) in [5, 5.41) is 5.38. The number of nitrogens with one attached hydrogen (secondary N) is 2. The first-order chi connectivity index (χ1) is 13.1. The monoisotopic (exact) mass is 370 g/mol. The van der Waals surface area contributed by atoms with E-state index in [1.807, 2.05) is 24.3 Å². The quantitative estimate of drug-likeness (QED) is 0.522. The van der Waals surface area contributed by atoms with Crippen molar-refractivity contribution < 1.29 is 19.1 Å². The van der Waals surface area contributed by atoms with Crippen LogP contribution >= 0.6 is 0 Å². The summed E-state index contributed by atoms with van der Waals surface area (Å²) in [5.41, 5.74) is 2.64. The van der Waals surface area contributed by atoms with Crippen LogP contribution in [0.2, 0.25) is 0 Å². The first-order valence-corrected chi connectivity index (χ1v) is 9.12. The average Bonchev–Trinajstić information content (AvgIpc) is 2.68. The SMILES string of the molecule is CCCc1ccc(OCNC(=O)NCc2ccc(C(=O)OCC)cc2)cc1. The Morgan fingerprint density at radius 1 is 0.889 bits per heavy atom. The Hall–Kier alpha value is -3.02. The Bertz CT molecular complexity index is 727. The number of hydrogen-bond acceptors (Lipinski definition) is 4. The molecular weight excluding hydrogens is 344 g/mol. The topological polar surface area (TPSA) is 76.7 Å². The summed E-state index contributed by atoms with van der Waals surface area (Å²) in [5.74, 6) is 0.360. The van der Waals surface area contributed by atoms with E-state index in [0.717, 1.165) is 18.4 Å². The van der Waals surface area contributed by atoms with E-state index < -0.39 is 0 Å². The van der Waals surface area contributed by atoms with Crippen molar-refractivity contribution in [3.8, 4) is 5.75 Å². The van der Waals surface area contributed by atoms with Gasteiger partial charge in [-0.05, 0) is 48.7 Å². The van der Waals surface area contributed by atoms with Gasteiger partial charge in [0.15, 0.2) is 6.73 Å². The molecule has 0 aromatic heterocycles. The number of rotatable bonds is 9. The van der Waals surface area contributed by atoms with Crippen LogP contribution in [0.15, 0.2) is 48.5 Å². The molecule has 0 fully saturated rings. The lowest BCUT2D eigenvalue weighted by Crippen LogP contribution is -2.37. The van der Waals surface area contributed by atoms with Crippen LogP contribution in [0.4, 0.5) is 4.79 Å². The number of hydrogen-bond donors (Lipinski definition) is 2. The first kappa shape index (κ1) is 20.3. The van der Waals surface area contributed by atoms with E-state index in [-0.39, 0.29) is 18.7 Å². The van der Waals surface area contributed by atoms with Gasteiger partial charge in [-0.3, -0.25) is 0 Å². The van der Waals surface area contributed by atoms with Crippen LogP contribution < -0.4 is 15.4 Å². The molecule has 0 saturated heterocycles. The van der Waals surface area contributed by atoms with Gasteiger partial charge in [0.1, 0.15) is 5.75 Å².